The topological polar surface area (TPSA) is 60.9 Å². The molecule has 0 radical (unpaired) electrons. The van der Waals surface area contributed by atoms with Gasteiger partial charge in [-0.1, -0.05) is 5.92 Å². The quantitative estimate of drug-likeness (QED) is 0.582. The number of hydrogen-bond donors (Lipinski definition) is 1. The molecule has 0 aliphatic carbocycles. The zero-order chi connectivity index (χ0) is 8.27. The normalized spacial score (nSPS) is 9.00. The molecule has 4 heteroatoms. The summed E-state index contributed by atoms with van der Waals surface area (Å²) in [4.78, 5) is 10.7. The summed E-state index contributed by atoms with van der Waals surface area (Å²) in [5.74, 6) is 1.84. The van der Waals surface area contributed by atoms with E-state index in [4.69, 9.17) is 12.2 Å². The molecule has 1 amide bonds. The molecule has 0 unspecified atom stereocenters. The third-order valence-electron chi connectivity index (χ3n) is 1.21. The summed E-state index contributed by atoms with van der Waals surface area (Å²) in [6.45, 7) is 0.269. The second kappa shape index (κ2) is 2.88. The first kappa shape index (κ1) is 7.35. The van der Waals surface area contributed by atoms with Crippen molar-refractivity contribution in [2.24, 2.45) is 5.73 Å². The lowest BCUT2D eigenvalue weighted by Gasteiger charge is -1.97. The molecule has 0 spiro atoms. The van der Waals surface area contributed by atoms with Gasteiger partial charge in [0.1, 0.15) is 12.2 Å². The third-order valence-corrected chi connectivity index (χ3v) is 1.21. The summed E-state index contributed by atoms with van der Waals surface area (Å²) in [5.41, 5.74) is 5.36. The van der Waals surface area contributed by atoms with Crippen LogP contribution in [0.15, 0.2) is 12.3 Å². The first-order valence-electron chi connectivity index (χ1n) is 3.01. The van der Waals surface area contributed by atoms with Crippen LogP contribution in [0.4, 0.5) is 0 Å². The highest BCUT2D eigenvalue weighted by molar-refractivity contribution is 5.90. The Morgan fingerprint density at radius 1 is 1.91 bits per heavy atom. The Morgan fingerprint density at radius 3 is 3.18 bits per heavy atom. The fourth-order valence-corrected chi connectivity index (χ4v) is 0.754. The molecule has 0 saturated carbocycles. The molecule has 2 N–H and O–H groups in total. The molecule has 0 bridgehead atoms. The van der Waals surface area contributed by atoms with Crippen LogP contribution in [0.25, 0.3) is 0 Å². The van der Waals surface area contributed by atoms with Crippen LogP contribution in [-0.4, -0.2) is 15.7 Å². The van der Waals surface area contributed by atoms with Crippen molar-refractivity contribution in [3.63, 3.8) is 0 Å². The highest BCUT2D eigenvalue weighted by Crippen LogP contribution is 1.95. The van der Waals surface area contributed by atoms with Crippen molar-refractivity contribution in [3.8, 4) is 12.3 Å². The van der Waals surface area contributed by atoms with Gasteiger partial charge in [-0.15, -0.1) is 6.42 Å². The van der Waals surface area contributed by atoms with Crippen molar-refractivity contribution in [2.75, 3.05) is 0 Å². The van der Waals surface area contributed by atoms with Crippen LogP contribution < -0.4 is 5.73 Å². The Kier molecular flexibility index (Phi) is 1.93. The van der Waals surface area contributed by atoms with E-state index in [2.05, 4.69) is 11.0 Å². The number of primary amides is 1. The minimum atomic E-state index is -0.516. The van der Waals surface area contributed by atoms with E-state index in [1.54, 1.807) is 0 Å². The Balaban J connectivity index is 2.98. The maximum atomic E-state index is 10.7. The van der Waals surface area contributed by atoms with E-state index in [1.807, 2.05) is 0 Å². The summed E-state index contributed by atoms with van der Waals surface area (Å²) in [6.07, 6.45) is 6.51. The number of terminal acetylenes is 1. The van der Waals surface area contributed by atoms with Crippen molar-refractivity contribution in [3.05, 3.63) is 18.0 Å². The second-order valence-electron chi connectivity index (χ2n) is 1.94. The third kappa shape index (κ3) is 1.38. The first-order chi connectivity index (χ1) is 5.25. The molecule has 1 rings (SSSR count). The predicted molar refractivity (Wildman–Crippen MR) is 39.6 cm³/mol. The zero-order valence-electron chi connectivity index (χ0n) is 5.82. The van der Waals surface area contributed by atoms with Crippen LogP contribution in [0.5, 0.6) is 0 Å². The Morgan fingerprint density at radius 2 is 2.64 bits per heavy atom. The lowest BCUT2D eigenvalue weighted by molar-refractivity contribution is 0.0991. The summed E-state index contributed by atoms with van der Waals surface area (Å²) in [7, 11) is 0. The molecule has 0 aliphatic rings. The Labute approximate surface area is 64.0 Å². The number of amides is 1. The molecule has 4 nitrogen and oxygen atoms in total. The van der Waals surface area contributed by atoms with Crippen molar-refractivity contribution >= 4 is 5.91 Å². The number of nitrogens with two attached hydrogens (primary N) is 1. The average molecular weight is 149 g/mol. The van der Waals surface area contributed by atoms with E-state index in [0.29, 0.717) is 5.69 Å². The van der Waals surface area contributed by atoms with Crippen molar-refractivity contribution in [1.29, 1.82) is 0 Å². The van der Waals surface area contributed by atoms with Gasteiger partial charge in [0.15, 0.2) is 0 Å². The Hall–Kier alpha value is -1.76. The van der Waals surface area contributed by atoms with Crippen LogP contribution in [0, 0.1) is 12.3 Å². The van der Waals surface area contributed by atoms with Gasteiger partial charge < -0.3 is 5.73 Å². The number of aromatic nitrogens is 2. The molecule has 1 aromatic rings. The summed E-state index contributed by atoms with van der Waals surface area (Å²) in [6, 6.07) is 1.53. The number of hydrogen-bond acceptors (Lipinski definition) is 2. The highest BCUT2D eigenvalue weighted by Gasteiger charge is 2.05. The van der Waals surface area contributed by atoms with Gasteiger partial charge in [0.05, 0.1) is 0 Å². The van der Waals surface area contributed by atoms with Gasteiger partial charge in [0, 0.05) is 6.20 Å². The molecular weight excluding hydrogens is 142 g/mol. The largest absolute Gasteiger partial charge is 0.364 e. The molecule has 56 valence electrons. The molecule has 1 heterocycles. The van der Waals surface area contributed by atoms with Gasteiger partial charge in [-0.05, 0) is 6.07 Å². The number of nitrogens with zero attached hydrogens (tertiary/aromatic N) is 2. The molecule has 0 atom stereocenters. The van der Waals surface area contributed by atoms with E-state index in [0.717, 1.165) is 0 Å². The number of carbonyl (C=O) groups excluding carboxylic acids is 1. The van der Waals surface area contributed by atoms with Gasteiger partial charge >= 0.3 is 0 Å². The lowest BCUT2D eigenvalue weighted by Crippen LogP contribution is -2.17. The van der Waals surface area contributed by atoms with E-state index < -0.39 is 5.91 Å². The highest BCUT2D eigenvalue weighted by atomic mass is 16.1. The van der Waals surface area contributed by atoms with Crippen LogP contribution in [0.3, 0.4) is 0 Å². The average Bonchev–Trinajstić information content (AvgIpc) is 2.36. The zero-order valence-corrected chi connectivity index (χ0v) is 5.82. The smallest absolute Gasteiger partial charge is 0.267 e. The van der Waals surface area contributed by atoms with Crippen LogP contribution in [0.2, 0.25) is 0 Å². The minimum Gasteiger partial charge on any atom is -0.364 e. The Bertz CT molecular complexity index is 308. The van der Waals surface area contributed by atoms with Crippen LogP contribution in [0.1, 0.15) is 10.5 Å². The minimum absolute atomic E-state index is 0.269. The van der Waals surface area contributed by atoms with Gasteiger partial charge in [-0.25, -0.2) is 4.68 Å². The number of carbonyl (C=O) groups is 1. The standard InChI is InChI=1S/C7H7N3O/c1-2-5-10-6(7(8)11)3-4-9-10/h1,3-4H,5H2,(H2,8,11). The molecule has 0 saturated heterocycles. The first-order valence-corrected chi connectivity index (χ1v) is 3.01. The van der Waals surface area contributed by atoms with Crippen LogP contribution >= 0.6 is 0 Å². The van der Waals surface area contributed by atoms with E-state index in [9.17, 15) is 4.79 Å². The molecule has 0 fully saturated rings. The molecular formula is C7H7N3O. The van der Waals surface area contributed by atoms with Crippen molar-refractivity contribution < 1.29 is 4.79 Å². The molecule has 0 aliphatic heterocycles. The predicted octanol–water partition coefficient (Wildman–Crippen LogP) is -0.385. The van der Waals surface area contributed by atoms with Crippen LogP contribution in [-0.2, 0) is 6.54 Å². The molecule has 0 aromatic carbocycles. The number of rotatable bonds is 2. The van der Waals surface area contributed by atoms with Crippen molar-refractivity contribution in [2.45, 2.75) is 6.54 Å². The summed E-state index contributed by atoms with van der Waals surface area (Å²) in [5, 5.41) is 3.80. The summed E-state index contributed by atoms with van der Waals surface area (Å²) < 4.78 is 1.38. The lowest BCUT2D eigenvalue weighted by atomic mass is 10.4. The second-order valence-corrected chi connectivity index (χ2v) is 1.94. The van der Waals surface area contributed by atoms with Crippen molar-refractivity contribution in [1.82, 2.24) is 9.78 Å². The van der Waals surface area contributed by atoms with Gasteiger partial charge in [-0.2, -0.15) is 5.10 Å². The molecule has 11 heavy (non-hydrogen) atoms. The monoisotopic (exact) mass is 149 g/mol. The van der Waals surface area contributed by atoms with Gasteiger partial charge in [0.2, 0.25) is 0 Å². The fourth-order valence-electron chi connectivity index (χ4n) is 0.754. The van der Waals surface area contributed by atoms with E-state index >= 15 is 0 Å². The summed E-state index contributed by atoms with van der Waals surface area (Å²) >= 11 is 0. The van der Waals surface area contributed by atoms with Gasteiger partial charge in [-0.3, -0.25) is 4.79 Å². The van der Waals surface area contributed by atoms with E-state index in [1.165, 1.54) is 16.9 Å². The SMILES string of the molecule is C#CCn1nccc1C(N)=O. The maximum Gasteiger partial charge on any atom is 0.267 e. The molecule has 1 aromatic heterocycles. The fraction of sp³-hybridized carbons (Fsp3) is 0.143. The maximum absolute atomic E-state index is 10.7. The van der Waals surface area contributed by atoms with Gasteiger partial charge in [0.25, 0.3) is 5.91 Å². The van der Waals surface area contributed by atoms with E-state index in [-0.39, 0.29) is 6.54 Å².